The summed E-state index contributed by atoms with van der Waals surface area (Å²) in [6.07, 6.45) is 9.15. The van der Waals surface area contributed by atoms with Gasteiger partial charge in [0.2, 0.25) is 0 Å². The molecule has 1 aliphatic carbocycles. The van der Waals surface area contributed by atoms with Crippen LogP contribution in [0.3, 0.4) is 0 Å². The van der Waals surface area contributed by atoms with Crippen molar-refractivity contribution in [2.45, 2.75) is 12.8 Å². The minimum absolute atomic E-state index is 0.262. The van der Waals surface area contributed by atoms with E-state index in [4.69, 9.17) is 5.41 Å². The van der Waals surface area contributed by atoms with Crippen LogP contribution >= 0.6 is 23.3 Å². The van der Waals surface area contributed by atoms with Gasteiger partial charge in [-0.15, -0.1) is 11.3 Å². The molecule has 0 spiro atoms. The van der Waals surface area contributed by atoms with Crippen LogP contribution in [0.4, 0.5) is 10.1 Å². The van der Waals surface area contributed by atoms with Crippen LogP contribution in [0.5, 0.6) is 0 Å². The number of hydrogen-bond donors (Lipinski definition) is 2. The van der Waals surface area contributed by atoms with E-state index in [1.165, 1.54) is 23.9 Å². The Kier molecular flexibility index (Phi) is 5.72. The molecule has 1 fully saturated rings. The molecule has 2 heterocycles. The molecule has 7 heteroatoms. The van der Waals surface area contributed by atoms with Gasteiger partial charge in [-0.1, -0.05) is 24.1 Å². The topological polar surface area (TPSA) is 52.0 Å². The Morgan fingerprint density at radius 3 is 2.86 bits per heavy atom. The molecule has 0 saturated carbocycles. The van der Waals surface area contributed by atoms with E-state index < -0.39 is 0 Å². The van der Waals surface area contributed by atoms with E-state index in [2.05, 4.69) is 33.5 Å². The molecule has 29 heavy (non-hydrogen) atoms. The Hall–Kier alpha value is -2.22. The standard InChI is InChI=1S/C22H23FN4S2/c1-15(21-25-8-10-29-21)22-12-16(13-24)20(26-19-5-3-18(23)4-6-19)11-17(22)7-9-27(14-22)28-2/h3-6,8,10-11,13,24,26H,1,7,9,12,14H2,2H3. The zero-order valence-electron chi connectivity index (χ0n) is 16.2. The number of fused-ring (bicyclic) bond motifs is 1. The molecule has 150 valence electrons. The van der Waals surface area contributed by atoms with Crippen molar-refractivity contribution in [3.8, 4) is 0 Å². The third-order valence-electron chi connectivity index (χ3n) is 5.67. The summed E-state index contributed by atoms with van der Waals surface area (Å²) in [4.78, 5) is 4.52. The zero-order chi connectivity index (χ0) is 20.4. The maximum atomic E-state index is 13.3. The molecule has 0 bridgehead atoms. The summed E-state index contributed by atoms with van der Waals surface area (Å²) >= 11 is 3.36. The van der Waals surface area contributed by atoms with Gasteiger partial charge in [0.05, 0.1) is 0 Å². The van der Waals surface area contributed by atoms with Crippen molar-refractivity contribution >= 4 is 40.8 Å². The maximum Gasteiger partial charge on any atom is 0.123 e. The predicted molar refractivity (Wildman–Crippen MR) is 122 cm³/mol. The molecule has 4 rings (SSSR count). The molecule has 1 unspecified atom stereocenters. The summed E-state index contributed by atoms with van der Waals surface area (Å²) in [5, 5.41) is 14.4. The molecule has 2 N–H and O–H groups in total. The maximum absolute atomic E-state index is 13.3. The number of hydrogen-bond acceptors (Lipinski definition) is 6. The molecule has 0 amide bonds. The molecule has 2 aliphatic rings. The summed E-state index contributed by atoms with van der Waals surface area (Å²) < 4.78 is 15.6. The second-order valence-electron chi connectivity index (χ2n) is 7.26. The van der Waals surface area contributed by atoms with E-state index in [1.807, 2.05) is 11.6 Å². The van der Waals surface area contributed by atoms with E-state index >= 15 is 0 Å². The van der Waals surface area contributed by atoms with E-state index in [9.17, 15) is 4.39 Å². The van der Waals surface area contributed by atoms with Crippen LogP contribution in [0.25, 0.3) is 5.57 Å². The van der Waals surface area contributed by atoms with Crippen LogP contribution in [0.15, 0.2) is 65.3 Å². The number of rotatable bonds is 6. The highest BCUT2D eigenvalue weighted by Crippen LogP contribution is 2.53. The van der Waals surface area contributed by atoms with Crippen LogP contribution in [-0.4, -0.2) is 34.8 Å². The summed E-state index contributed by atoms with van der Waals surface area (Å²) in [7, 11) is 0. The Morgan fingerprint density at radius 1 is 1.41 bits per heavy atom. The van der Waals surface area contributed by atoms with Gasteiger partial charge in [0, 0.05) is 47.7 Å². The Morgan fingerprint density at radius 2 is 2.21 bits per heavy atom. The van der Waals surface area contributed by atoms with Crippen LogP contribution < -0.4 is 5.32 Å². The number of halogens is 1. The molecular formula is C22H23FN4S2. The normalized spacial score (nSPS) is 22.1. The van der Waals surface area contributed by atoms with Gasteiger partial charge in [0.15, 0.2) is 0 Å². The first kappa shape index (κ1) is 20.1. The van der Waals surface area contributed by atoms with Crippen molar-refractivity contribution in [1.29, 1.82) is 5.41 Å². The number of piperidine rings is 1. The monoisotopic (exact) mass is 426 g/mol. The van der Waals surface area contributed by atoms with Gasteiger partial charge < -0.3 is 10.7 Å². The molecule has 1 saturated heterocycles. The summed E-state index contributed by atoms with van der Waals surface area (Å²) in [5.41, 5.74) is 4.71. The third-order valence-corrected chi connectivity index (χ3v) is 7.33. The van der Waals surface area contributed by atoms with Gasteiger partial charge in [-0.3, -0.25) is 0 Å². The minimum Gasteiger partial charge on any atom is -0.355 e. The average Bonchev–Trinajstić information content (AvgIpc) is 3.28. The number of anilines is 1. The fourth-order valence-corrected chi connectivity index (χ4v) is 5.43. The summed E-state index contributed by atoms with van der Waals surface area (Å²) in [6.45, 7) is 6.29. The third kappa shape index (κ3) is 3.82. The Labute approximate surface area is 178 Å². The van der Waals surface area contributed by atoms with Crippen molar-refractivity contribution in [3.63, 3.8) is 0 Å². The van der Waals surface area contributed by atoms with Gasteiger partial charge in [0.25, 0.3) is 0 Å². The number of nitrogens with one attached hydrogen (secondary N) is 2. The van der Waals surface area contributed by atoms with Crippen molar-refractivity contribution in [2.24, 2.45) is 5.41 Å². The number of benzene rings is 1. The molecule has 1 aliphatic heterocycles. The number of allylic oxidation sites excluding steroid dienone is 2. The quantitative estimate of drug-likeness (QED) is 0.466. The van der Waals surface area contributed by atoms with Gasteiger partial charge in [-0.05, 0) is 60.6 Å². The summed E-state index contributed by atoms with van der Waals surface area (Å²) in [5.74, 6) is -0.262. The van der Waals surface area contributed by atoms with Gasteiger partial charge in [0.1, 0.15) is 10.8 Å². The van der Waals surface area contributed by atoms with E-state index in [0.29, 0.717) is 6.42 Å². The first-order valence-electron chi connectivity index (χ1n) is 9.41. The van der Waals surface area contributed by atoms with Gasteiger partial charge in [-0.2, -0.15) is 0 Å². The molecule has 4 nitrogen and oxygen atoms in total. The van der Waals surface area contributed by atoms with Crippen molar-refractivity contribution in [2.75, 3.05) is 24.7 Å². The molecule has 1 aromatic carbocycles. The largest absolute Gasteiger partial charge is 0.355 e. The minimum atomic E-state index is -0.264. The molecule has 0 radical (unpaired) electrons. The number of nitrogens with zero attached hydrogens (tertiary/aromatic N) is 2. The molecule has 2 aromatic rings. The van der Waals surface area contributed by atoms with Gasteiger partial charge >= 0.3 is 0 Å². The lowest BCUT2D eigenvalue weighted by atomic mass is 9.64. The average molecular weight is 427 g/mol. The first-order chi connectivity index (χ1) is 14.1. The van der Waals surface area contributed by atoms with E-state index in [1.54, 1.807) is 35.4 Å². The second kappa shape index (κ2) is 8.26. The Balaban J connectivity index is 1.73. The van der Waals surface area contributed by atoms with Crippen LogP contribution in [0.1, 0.15) is 17.8 Å². The number of aromatic nitrogens is 1. The Bertz CT molecular complexity index is 979. The number of thiazole rings is 1. The molecule has 1 atom stereocenters. The fourth-order valence-electron chi connectivity index (χ4n) is 4.10. The second-order valence-corrected chi connectivity index (χ2v) is 9.03. The first-order valence-corrected chi connectivity index (χ1v) is 11.5. The lowest BCUT2D eigenvalue weighted by Gasteiger charge is -2.47. The van der Waals surface area contributed by atoms with Crippen LogP contribution in [-0.2, 0) is 0 Å². The smallest absolute Gasteiger partial charge is 0.123 e. The molecule has 1 aromatic heterocycles. The van der Waals surface area contributed by atoms with Crippen LogP contribution in [0.2, 0.25) is 0 Å². The molecular weight excluding hydrogens is 403 g/mol. The lowest BCUT2D eigenvalue weighted by Crippen LogP contribution is -2.44. The lowest BCUT2D eigenvalue weighted by molar-refractivity contribution is 0.288. The van der Waals surface area contributed by atoms with Crippen molar-refractivity contribution in [3.05, 3.63) is 76.2 Å². The van der Waals surface area contributed by atoms with Crippen molar-refractivity contribution in [1.82, 2.24) is 9.29 Å². The van der Waals surface area contributed by atoms with E-state index in [0.717, 1.165) is 47.0 Å². The zero-order valence-corrected chi connectivity index (χ0v) is 17.9. The van der Waals surface area contributed by atoms with Crippen LogP contribution in [0, 0.1) is 16.6 Å². The SMILES string of the molecule is C=C(c1nccs1)C12CC(C=N)=C(Nc3ccc(F)cc3)C=C1CCN(SC)C2. The highest BCUT2D eigenvalue weighted by atomic mass is 32.2. The highest BCUT2D eigenvalue weighted by Gasteiger charge is 2.45. The highest BCUT2D eigenvalue weighted by molar-refractivity contribution is 7.96. The summed E-state index contributed by atoms with van der Waals surface area (Å²) in [6, 6.07) is 6.31. The fraction of sp³-hybridized carbons (Fsp3) is 0.273. The van der Waals surface area contributed by atoms with E-state index in [-0.39, 0.29) is 11.2 Å². The predicted octanol–water partition coefficient (Wildman–Crippen LogP) is 5.61. The van der Waals surface area contributed by atoms with Crippen molar-refractivity contribution < 1.29 is 4.39 Å². The van der Waals surface area contributed by atoms with Gasteiger partial charge in [-0.25, -0.2) is 13.7 Å².